The minimum atomic E-state index is -0.612. The van der Waals surface area contributed by atoms with Crippen LogP contribution in [0.2, 0.25) is 0 Å². The van der Waals surface area contributed by atoms with Crippen molar-refractivity contribution in [1.29, 1.82) is 0 Å². The number of hydrogen-bond acceptors (Lipinski definition) is 3. The van der Waals surface area contributed by atoms with Gasteiger partial charge in [0, 0.05) is 12.1 Å². The molecular weight excluding hydrogens is 302 g/mol. The molecule has 1 aliphatic carbocycles. The number of amides is 1. The van der Waals surface area contributed by atoms with Crippen molar-refractivity contribution in [3.8, 4) is 5.69 Å². The van der Waals surface area contributed by atoms with Crippen LogP contribution in [0, 0.1) is 0 Å². The lowest BCUT2D eigenvalue weighted by atomic mass is 10.1. The second-order valence-electron chi connectivity index (χ2n) is 5.91. The summed E-state index contributed by atoms with van der Waals surface area (Å²) in [6.07, 6.45) is 3.09. The highest BCUT2D eigenvalue weighted by Crippen LogP contribution is 2.31. The number of nitrogens with one attached hydrogen (secondary N) is 1. The predicted octanol–water partition coefficient (Wildman–Crippen LogP) is 2.26. The van der Waals surface area contributed by atoms with E-state index in [4.69, 9.17) is 0 Å². The van der Waals surface area contributed by atoms with Crippen molar-refractivity contribution in [2.24, 2.45) is 0 Å². The van der Waals surface area contributed by atoms with E-state index in [1.54, 1.807) is 10.9 Å². The van der Waals surface area contributed by atoms with Gasteiger partial charge in [0.05, 0.1) is 24.7 Å². The van der Waals surface area contributed by atoms with E-state index in [-0.39, 0.29) is 5.91 Å². The number of nitrogens with zero attached hydrogens (tertiary/aromatic N) is 2. The summed E-state index contributed by atoms with van der Waals surface area (Å²) in [6, 6.07) is 17.0. The summed E-state index contributed by atoms with van der Waals surface area (Å²) in [5, 5.41) is 13.3. The van der Waals surface area contributed by atoms with Gasteiger partial charge in [-0.1, -0.05) is 42.5 Å². The molecule has 2 unspecified atom stereocenters. The Morgan fingerprint density at radius 3 is 2.71 bits per heavy atom. The first kappa shape index (κ1) is 14.7. The van der Waals surface area contributed by atoms with Crippen molar-refractivity contribution in [3.05, 3.63) is 83.9 Å². The molecule has 0 aliphatic heterocycles. The molecule has 1 heterocycles. The van der Waals surface area contributed by atoms with Gasteiger partial charge in [0.1, 0.15) is 5.69 Å². The fourth-order valence-corrected chi connectivity index (χ4v) is 3.22. The van der Waals surface area contributed by atoms with E-state index in [2.05, 4.69) is 10.3 Å². The molecule has 0 spiro atoms. The van der Waals surface area contributed by atoms with Crippen LogP contribution in [-0.4, -0.2) is 26.7 Å². The molecular formula is C19H17N3O2. The van der Waals surface area contributed by atoms with E-state index in [9.17, 15) is 9.90 Å². The maximum Gasteiger partial charge on any atom is 0.270 e. The molecule has 0 bridgehead atoms. The van der Waals surface area contributed by atoms with Gasteiger partial charge in [0.2, 0.25) is 0 Å². The van der Waals surface area contributed by atoms with Crippen molar-refractivity contribution in [2.75, 3.05) is 0 Å². The molecule has 4 rings (SSSR count). The summed E-state index contributed by atoms with van der Waals surface area (Å²) in [5.41, 5.74) is 3.36. The minimum Gasteiger partial charge on any atom is -0.390 e. The first-order valence-corrected chi connectivity index (χ1v) is 7.88. The highest BCUT2D eigenvalue weighted by atomic mass is 16.3. The normalized spacial score (nSPS) is 19.0. The number of benzene rings is 2. The Balaban J connectivity index is 1.61. The highest BCUT2D eigenvalue weighted by Gasteiger charge is 2.32. The number of aliphatic hydroxyl groups is 1. The van der Waals surface area contributed by atoms with E-state index in [1.807, 2.05) is 54.6 Å². The van der Waals surface area contributed by atoms with E-state index in [0.29, 0.717) is 12.1 Å². The molecule has 0 saturated carbocycles. The monoisotopic (exact) mass is 319 g/mol. The molecule has 0 fully saturated rings. The number of aromatic nitrogens is 2. The number of carbonyl (C=O) groups is 1. The van der Waals surface area contributed by atoms with Gasteiger partial charge >= 0.3 is 0 Å². The average molecular weight is 319 g/mol. The van der Waals surface area contributed by atoms with Crippen LogP contribution in [0.1, 0.15) is 27.7 Å². The standard InChI is InChI=1S/C19H17N3O2/c23-17-10-13-6-4-5-9-15(13)18(17)21-19(24)16-11-20-12-22(16)14-7-2-1-3-8-14/h1-9,11-12,17-18,23H,10H2,(H,21,24). The zero-order valence-electron chi connectivity index (χ0n) is 13.0. The molecule has 0 radical (unpaired) electrons. The molecule has 1 amide bonds. The third-order valence-corrected chi connectivity index (χ3v) is 4.40. The van der Waals surface area contributed by atoms with Gasteiger partial charge < -0.3 is 10.4 Å². The highest BCUT2D eigenvalue weighted by molar-refractivity contribution is 5.93. The van der Waals surface area contributed by atoms with Gasteiger partial charge in [0.25, 0.3) is 5.91 Å². The third-order valence-electron chi connectivity index (χ3n) is 4.40. The van der Waals surface area contributed by atoms with E-state index < -0.39 is 12.1 Å². The van der Waals surface area contributed by atoms with Gasteiger partial charge in [-0.3, -0.25) is 9.36 Å². The van der Waals surface area contributed by atoms with Crippen LogP contribution < -0.4 is 5.32 Å². The minimum absolute atomic E-state index is 0.253. The summed E-state index contributed by atoms with van der Waals surface area (Å²) in [4.78, 5) is 16.8. The van der Waals surface area contributed by atoms with E-state index >= 15 is 0 Å². The molecule has 1 aromatic heterocycles. The Hall–Kier alpha value is -2.92. The van der Waals surface area contributed by atoms with Crippen molar-refractivity contribution in [2.45, 2.75) is 18.6 Å². The molecule has 0 saturated heterocycles. The Bertz CT molecular complexity index is 873. The lowest BCUT2D eigenvalue weighted by Gasteiger charge is -2.18. The molecule has 2 aromatic carbocycles. The SMILES string of the molecule is O=C(NC1c2ccccc2CC1O)c1cncn1-c1ccccc1. The number of carbonyl (C=O) groups excluding carboxylic acids is 1. The van der Waals surface area contributed by atoms with Gasteiger partial charge in [-0.25, -0.2) is 4.98 Å². The third kappa shape index (κ3) is 2.49. The maximum atomic E-state index is 12.7. The maximum absolute atomic E-state index is 12.7. The first-order chi connectivity index (χ1) is 11.7. The predicted molar refractivity (Wildman–Crippen MR) is 89.9 cm³/mol. The second-order valence-corrected chi connectivity index (χ2v) is 5.91. The van der Waals surface area contributed by atoms with Crippen LogP contribution in [0.3, 0.4) is 0 Å². The van der Waals surface area contributed by atoms with Gasteiger partial charge in [-0.15, -0.1) is 0 Å². The summed E-state index contributed by atoms with van der Waals surface area (Å²) in [5.74, 6) is -0.253. The van der Waals surface area contributed by atoms with Crippen LogP contribution in [0.25, 0.3) is 5.69 Å². The topological polar surface area (TPSA) is 67.2 Å². The summed E-state index contributed by atoms with van der Waals surface area (Å²) in [6.45, 7) is 0. The fourth-order valence-electron chi connectivity index (χ4n) is 3.22. The number of fused-ring (bicyclic) bond motifs is 1. The largest absolute Gasteiger partial charge is 0.390 e. The van der Waals surface area contributed by atoms with Gasteiger partial charge in [-0.2, -0.15) is 0 Å². The molecule has 120 valence electrons. The number of para-hydroxylation sites is 1. The smallest absolute Gasteiger partial charge is 0.270 e. The Kier molecular flexibility index (Phi) is 3.63. The van der Waals surface area contributed by atoms with Gasteiger partial charge in [-0.05, 0) is 23.3 Å². The molecule has 5 heteroatoms. The molecule has 1 aliphatic rings. The van der Waals surface area contributed by atoms with E-state index in [1.165, 1.54) is 6.20 Å². The Morgan fingerprint density at radius 2 is 1.88 bits per heavy atom. The lowest BCUT2D eigenvalue weighted by Crippen LogP contribution is -2.34. The molecule has 2 N–H and O–H groups in total. The second kappa shape index (κ2) is 5.94. The van der Waals surface area contributed by atoms with Crippen LogP contribution in [0.15, 0.2) is 67.1 Å². The van der Waals surface area contributed by atoms with Gasteiger partial charge in [0.15, 0.2) is 0 Å². The molecule has 3 aromatic rings. The van der Waals surface area contributed by atoms with Crippen molar-refractivity contribution in [3.63, 3.8) is 0 Å². The van der Waals surface area contributed by atoms with Crippen LogP contribution in [0.4, 0.5) is 0 Å². The number of hydrogen-bond donors (Lipinski definition) is 2. The average Bonchev–Trinajstić information content (AvgIpc) is 3.21. The summed E-state index contributed by atoms with van der Waals surface area (Å²) >= 11 is 0. The number of imidazole rings is 1. The fraction of sp³-hybridized carbons (Fsp3) is 0.158. The van der Waals surface area contributed by atoms with Crippen molar-refractivity contribution in [1.82, 2.24) is 14.9 Å². The summed E-state index contributed by atoms with van der Waals surface area (Å²) in [7, 11) is 0. The zero-order valence-corrected chi connectivity index (χ0v) is 13.0. The Morgan fingerprint density at radius 1 is 1.12 bits per heavy atom. The van der Waals surface area contributed by atoms with Crippen LogP contribution in [-0.2, 0) is 6.42 Å². The number of aliphatic hydroxyl groups excluding tert-OH is 1. The van der Waals surface area contributed by atoms with Crippen LogP contribution >= 0.6 is 0 Å². The van der Waals surface area contributed by atoms with E-state index in [0.717, 1.165) is 16.8 Å². The zero-order chi connectivity index (χ0) is 16.5. The number of rotatable bonds is 3. The molecule has 5 nitrogen and oxygen atoms in total. The summed E-state index contributed by atoms with van der Waals surface area (Å²) < 4.78 is 1.74. The quantitative estimate of drug-likeness (QED) is 0.778. The van der Waals surface area contributed by atoms with Crippen molar-refractivity contribution < 1.29 is 9.90 Å². The van der Waals surface area contributed by atoms with Crippen molar-refractivity contribution >= 4 is 5.91 Å². The Labute approximate surface area is 139 Å². The molecule has 24 heavy (non-hydrogen) atoms. The van der Waals surface area contributed by atoms with Crippen LogP contribution in [0.5, 0.6) is 0 Å². The molecule has 2 atom stereocenters. The lowest BCUT2D eigenvalue weighted by molar-refractivity contribution is 0.0851. The first-order valence-electron chi connectivity index (χ1n) is 7.88.